The van der Waals surface area contributed by atoms with E-state index in [1.807, 2.05) is 0 Å². The average molecular weight is 523 g/mol. The van der Waals surface area contributed by atoms with Crippen molar-refractivity contribution in [3.63, 3.8) is 0 Å². The number of ketones is 1. The lowest BCUT2D eigenvalue weighted by Gasteiger charge is -2.62. The monoisotopic (exact) mass is 522 g/mol. The van der Waals surface area contributed by atoms with E-state index >= 15 is 8.78 Å². The Morgan fingerprint density at radius 2 is 1.84 bits per heavy atom. The van der Waals surface area contributed by atoms with Crippen LogP contribution < -0.4 is 0 Å². The summed E-state index contributed by atoms with van der Waals surface area (Å²) in [6.07, 6.45) is 2.79. The van der Waals surface area contributed by atoms with Crippen LogP contribution in [0.2, 0.25) is 0 Å². The number of allylic oxidation sites excluding steroid dienone is 4. The number of carboxylic acids is 1. The molecule has 0 saturated heterocycles. The van der Waals surface area contributed by atoms with Crippen LogP contribution in [0.3, 0.4) is 0 Å². The van der Waals surface area contributed by atoms with Crippen molar-refractivity contribution in [2.24, 2.45) is 34.5 Å². The third kappa shape index (κ3) is 3.41. The maximum absolute atomic E-state index is 17.3. The van der Waals surface area contributed by atoms with Crippen LogP contribution in [0.15, 0.2) is 23.8 Å². The van der Waals surface area contributed by atoms with Gasteiger partial charge in [0, 0.05) is 22.7 Å². The number of hydrogen-bond acceptors (Lipinski definition) is 6. The average Bonchev–Trinajstić information content (AvgIpc) is 3.42. The fourth-order valence-electron chi connectivity index (χ4n) is 8.76. The van der Waals surface area contributed by atoms with E-state index in [2.05, 4.69) is 0 Å². The number of aliphatic hydroxyl groups excluding tert-OH is 1. The molecule has 0 aromatic heterocycles. The highest BCUT2D eigenvalue weighted by Gasteiger charge is 2.78. The number of alkyl halides is 2. The van der Waals surface area contributed by atoms with Crippen molar-refractivity contribution in [3.8, 4) is 0 Å². The van der Waals surface area contributed by atoms with Crippen LogP contribution in [-0.2, 0) is 19.1 Å². The highest BCUT2D eigenvalue weighted by atomic mass is 19.1. The minimum Gasteiger partial charge on any atom is -0.478 e. The predicted molar refractivity (Wildman–Crippen MR) is 128 cm³/mol. The van der Waals surface area contributed by atoms with E-state index < -0.39 is 70.0 Å². The first-order valence-electron chi connectivity index (χ1n) is 13.4. The summed E-state index contributed by atoms with van der Waals surface area (Å²) in [6.45, 7) is 4.87. The van der Waals surface area contributed by atoms with E-state index in [0.29, 0.717) is 0 Å². The van der Waals surface area contributed by atoms with Crippen molar-refractivity contribution in [2.45, 2.75) is 89.3 Å². The highest BCUT2D eigenvalue weighted by molar-refractivity contribution is 6.01. The van der Waals surface area contributed by atoms with Gasteiger partial charge in [-0.05, 0) is 68.6 Å². The lowest BCUT2D eigenvalue weighted by atomic mass is 9.44. The number of carbonyl (C=O) groups is 3. The third-order valence-corrected chi connectivity index (χ3v) is 10.6. The number of hydrogen-bond donors (Lipinski definition) is 2. The molecule has 37 heavy (non-hydrogen) atoms. The van der Waals surface area contributed by atoms with Crippen LogP contribution in [0.5, 0.6) is 0 Å². The molecule has 5 aliphatic carbocycles. The standard InChI is InChI=1S/C28H36F2O7/c1-15-10-18-19-12-21(29)20-11-17(31)8-9-25(20,2)27(19,30)22(32)13-26(18,3)28(15,23(33)34)37-24(35)36-14-16-6-4-5-7-16/h8-9,11,15-16,18-19,21-22,32H,4-7,10,12-14H2,1-3H3,(H,33,34)/t15-,18+,19+,21+,22+,25+,26+,27?,28-/m1/s1. The molecule has 7 nitrogen and oxygen atoms in total. The van der Waals surface area contributed by atoms with Crippen molar-refractivity contribution in [1.82, 2.24) is 0 Å². The van der Waals surface area contributed by atoms with Crippen molar-refractivity contribution >= 4 is 17.9 Å². The first-order valence-corrected chi connectivity index (χ1v) is 13.4. The Labute approximate surface area is 215 Å². The summed E-state index contributed by atoms with van der Waals surface area (Å²) in [5.41, 5.74) is -7.35. The molecule has 0 aromatic rings. The largest absolute Gasteiger partial charge is 0.509 e. The lowest BCUT2D eigenvalue weighted by Crippen LogP contribution is -2.71. The SMILES string of the molecule is C[C@@H]1C[C@H]2[C@@H]3C[C@H](F)C4=CC(=O)C=C[C@]4(C)C3(F)[C@@H](O)C[C@]2(C)[C@]1(OC(=O)OCC1CCCC1)C(=O)O. The lowest BCUT2D eigenvalue weighted by molar-refractivity contribution is -0.231. The van der Waals surface area contributed by atoms with Gasteiger partial charge in [0.05, 0.1) is 12.7 Å². The molecule has 0 aromatic carbocycles. The summed E-state index contributed by atoms with van der Waals surface area (Å²) in [4.78, 5) is 37.7. The van der Waals surface area contributed by atoms with Crippen molar-refractivity contribution in [1.29, 1.82) is 0 Å². The van der Waals surface area contributed by atoms with E-state index in [-0.39, 0.29) is 37.4 Å². The molecule has 0 radical (unpaired) electrons. The van der Waals surface area contributed by atoms with Gasteiger partial charge in [-0.2, -0.15) is 0 Å². The quantitative estimate of drug-likeness (QED) is 0.514. The van der Waals surface area contributed by atoms with E-state index in [1.54, 1.807) is 13.8 Å². The van der Waals surface area contributed by atoms with Crippen LogP contribution >= 0.6 is 0 Å². The molecule has 5 rings (SSSR count). The summed E-state index contributed by atoms with van der Waals surface area (Å²) < 4.78 is 43.9. The summed E-state index contributed by atoms with van der Waals surface area (Å²) >= 11 is 0. The molecule has 9 atom stereocenters. The number of aliphatic carboxylic acids is 1. The number of aliphatic hydroxyl groups is 1. The fraction of sp³-hybridized carbons (Fsp3) is 0.750. The van der Waals surface area contributed by atoms with Crippen molar-refractivity contribution in [2.75, 3.05) is 6.61 Å². The molecule has 0 spiro atoms. The summed E-state index contributed by atoms with van der Waals surface area (Å²) in [5, 5.41) is 21.9. The zero-order valence-electron chi connectivity index (χ0n) is 21.5. The summed E-state index contributed by atoms with van der Waals surface area (Å²) in [6, 6.07) is 0. The summed E-state index contributed by atoms with van der Waals surface area (Å²) in [5.74, 6) is -4.10. The predicted octanol–water partition coefficient (Wildman–Crippen LogP) is 4.72. The number of carboxylic acid groups (broad SMARTS) is 1. The molecule has 4 fully saturated rings. The fourth-order valence-corrected chi connectivity index (χ4v) is 8.76. The molecule has 1 unspecified atom stereocenters. The Morgan fingerprint density at radius 1 is 1.16 bits per heavy atom. The minimum atomic E-state index is -2.33. The van der Waals surface area contributed by atoms with Crippen LogP contribution in [0, 0.1) is 34.5 Å². The normalized spacial score (nSPS) is 47.0. The van der Waals surface area contributed by atoms with Gasteiger partial charge >= 0.3 is 12.1 Å². The van der Waals surface area contributed by atoms with Crippen molar-refractivity contribution in [3.05, 3.63) is 23.8 Å². The highest BCUT2D eigenvalue weighted by Crippen LogP contribution is 2.71. The number of ether oxygens (including phenoxy) is 2. The molecule has 0 aliphatic heterocycles. The number of halogens is 2. The van der Waals surface area contributed by atoms with Gasteiger partial charge in [-0.1, -0.05) is 32.8 Å². The second kappa shape index (κ2) is 8.61. The smallest absolute Gasteiger partial charge is 0.478 e. The van der Waals surface area contributed by atoms with Gasteiger partial charge in [0.2, 0.25) is 5.60 Å². The maximum atomic E-state index is 17.3. The van der Waals surface area contributed by atoms with Gasteiger partial charge < -0.3 is 19.7 Å². The van der Waals surface area contributed by atoms with Gasteiger partial charge in [-0.15, -0.1) is 0 Å². The van der Waals surface area contributed by atoms with Crippen LogP contribution in [0.1, 0.15) is 65.7 Å². The van der Waals surface area contributed by atoms with Crippen molar-refractivity contribution < 1.29 is 42.9 Å². The Morgan fingerprint density at radius 3 is 2.49 bits per heavy atom. The molecule has 4 saturated carbocycles. The molecule has 2 N–H and O–H groups in total. The van der Waals surface area contributed by atoms with Crippen LogP contribution in [0.25, 0.3) is 0 Å². The van der Waals surface area contributed by atoms with E-state index in [4.69, 9.17) is 9.47 Å². The molecule has 204 valence electrons. The molecule has 5 aliphatic rings. The van der Waals surface area contributed by atoms with Gasteiger partial charge in [0.25, 0.3) is 0 Å². The Balaban J connectivity index is 1.50. The Kier molecular flexibility index (Phi) is 6.13. The van der Waals surface area contributed by atoms with E-state index in [9.17, 15) is 24.6 Å². The molecular weight excluding hydrogens is 486 g/mol. The number of rotatable bonds is 4. The Hall–Kier alpha value is -2.29. The van der Waals surface area contributed by atoms with Gasteiger partial charge in [-0.3, -0.25) is 4.79 Å². The van der Waals surface area contributed by atoms with Gasteiger partial charge in [0.15, 0.2) is 11.5 Å². The first kappa shape index (κ1) is 26.3. The number of fused-ring (bicyclic) bond motifs is 5. The molecule has 0 heterocycles. The second-order valence-electron chi connectivity index (χ2n) is 12.4. The second-order valence-corrected chi connectivity index (χ2v) is 12.4. The minimum absolute atomic E-state index is 0.00341. The zero-order chi connectivity index (χ0) is 27.0. The Bertz CT molecular complexity index is 1070. The van der Waals surface area contributed by atoms with Gasteiger partial charge in [-0.25, -0.2) is 18.4 Å². The van der Waals surface area contributed by atoms with Crippen LogP contribution in [-0.4, -0.2) is 58.3 Å². The molecule has 0 amide bonds. The van der Waals surface area contributed by atoms with Crippen LogP contribution in [0.4, 0.5) is 13.6 Å². The first-order chi connectivity index (χ1) is 17.3. The third-order valence-electron chi connectivity index (χ3n) is 10.6. The van der Waals surface area contributed by atoms with E-state index in [1.165, 1.54) is 19.1 Å². The zero-order valence-corrected chi connectivity index (χ0v) is 21.5. The molecule has 9 heteroatoms. The molecular formula is C28H36F2O7. The number of carbonyl (C=O) groups excluding carboxylic acids is 2. The maximum Gasteiger partial charge on any atom is 0.509 e. The topological polar surface area (TPSA) is 110 Å². The molecule has 0 bridgehead atoms. The van der Waals surface area contributed by atoms with E-state index in [0.717, 1.165) is 31.8 Å². The summed E-state index contributed by atoms with van der Waals surface area (Å²) in [7, 11) is 0. The van der Waals surface area contributed by atoms with Gasteiger partial charge in [0.1, 0.15) is 6.17 Å².